The van der Waals surface area contributed by atoms with Gasteiger partial charge in [0.05, 0.1) is 5.25 Å². The first-order valence-electron chi connectivity index (χ1n) is 10.5. The Labute approximate surface area is 183 Å². The number of aromatic nitrogens is 3. The van der Waals surface area contributed by atoms with Gasteiger partial charge in [0.2, 0.25) is 11.1 Å². The molecule has 3 rings (SSSR count). The van der Waals surface area contributed by atoms with Crippen molar-refractivity contribution < 1.29 is 9.53 Å². The third kappa shape index (κ3) is 5.47. The molecule has 1 aliphatic rings. The molecule has 1 unspecified atom stereocenters. The Bertz CT molecular complexity index is 851. The first-order chi connectivity index (χ1) is 14.1. The molecule has 0 saturated carbocycles. The van der Waals surface area contributed by atoms with Crippen molar-refractivity contribution in [3.05, 3.63) is 35.7 Å². The number of piperidine rings is 1. The van der Waals surface area contributed by atoms with Crippen LogP contribution in [0.1, 0.15) is 58.8 Å². The molecule has 0 aliphatic carbocycles. The van der Waals surface area contributed by atoms with Gasteiger partial charge in [0.25, 0.3) is 0 Å². The standard InChI is InChI=1S/C22H33N5O2S/c1-15-10-12-26(13-11-15)20(28)16(2)30-21-25-24-19(27(21)23)14-29-18-8-6-17(7-9-18)22(3,4)5/h6-9,15-16H,10-14,23H2,1-5H3. The summed E-state index contributed by atoms with van der Waals surface area (Å²) in [5.74, 6) is 8.25. The molecule has 1 amide bonds. The molecule has 30 heavy (non-hydrogen) atoms. The Morgan fingerprint density at radius 1 is 1.23 bits per heavy atom. The van der Waals surface area contributed by atoms with E-state index < -0.39 is 0 Å². The fourth-order valence-corrected chi connectivity index (χ4v) is 4.25. The van der Waals surface area contributed by atoms with Gasteiger partial charge in [0.1, 0.15) is 12.4 Å². The second-order valence-electron chi connectivity index (χ2n) is 9.10. The number of carbonyl (C=O) groups excluding carboxylic acids is 1. The average molecular weight is 432 g/mol. The SMILES string of the molecule is CC1CCN(C(=O)C(C)Sc2nnc(COc3ccc(C(C)(C)C)cc3)n2N)CC1. The van der Waals surface area contributed by atoms with Crippen LogP contribution in [-0.2, 0) is 16.8 Å². The molecule has 2 heterocycles. The van der Waals surface area contributed by atoms with Gasteiger partial charge in [-0.25, -0.2) is 4.68 Å². The number of amides is 1. The summed E-state index contributed by atoms with van der Waals surface area (Å²) in [6, 6.07) is 8.04. The molecule has 8 heteroatoms. The molecule has 1 saturated heterocycles. The quantitative estimate of drug-likeness (QED) is 0.555. The molecule has 1 aromatic carbocycles. The monoisotopic (exact) mass is 431 g/mol. The lowest BCUT2D eigenvalue weighted by molar-refractivity contribution is -0.131. The first kappa shape index (κ1) is 22.5. The van der Waals surface area contributed by atoms with Crippen LogP contribution in [0.25, 0.3) is 0 Å². The fraction of sp³-hybridized carbons (Fsp3) is 0.591. The van der Waals surface area contributed by atoms with Gasteiger partial charge in [0, 0.05) is 13.1 Å². The first-order valence-corrected chi connectivity index (χ1v) is 11.4. The third-order valence-corrected chi connectivity index (χ3v) is 6.59. The smallest absolute Gasteiger partial charge is 0.235 e. The number of nitrogens with zero attached hydrogens (tertiary/aromatic N) is 4. The van der Waals surface area contributed by atoms with E-state index in [4.69, 9.17) is 10.6 Å². The van der Waals surface area contributed by atoms with Gasteiger partial charge in [0.15, 0.2) is 5.82 Å². The van der Waals surface area contributed by atoms with Gasteiger partial charge in [-0.1, -0.05) is 51.6 Å². The minimum atomic E-state index is -0.261. The highest BCUT2D eigenvalue weighted by molar-refractivity contribution is 8.00. The summed E-state index contributed by atoms with van der Waals surface area (Å²) < 4.78 is 7.24. The minimum Gasteiger partial charge on any atom is -0.486 e. The molecule has 1 atom stereocenters. The van der Waals surface area contributed by atoms with Gasteiger partial charge >= 0.3 is 0 Å². The maximum Gasteiger partial charge on any atom is 0.235 e. The molecule has 2 aromatic rings. The zero-order chi connectivity index (χ0) is 21.9. The summed E-state index contributed by atoms with van der Waals surface area (Å²) in [6.07, 6.45) is 2.13. The second-order valence-corrected chi connectivity index (χ2v) is 10.4. The molecular weight excluding hydrogens is 398 g/mol. The molecule has 1 aliphatic heterocycles. The maximum atomic E-state index is 12.7. The summed E-state index contributed by atoms with van der Waals surface area (Å²) in [4.78, 5) is 14.7. The number of rotatable bonds is 6. The van der Waals surface area contributed by atoms with Crippen molar-refractivity contribution in [1.29, 1.82) is 0 Å². The number of nitrogen functional groups attached to an aromatic ring is 1. The van der Waals surface area contributed by atoms with Crippen LogP contribution in [0.2, 0.25) is 0 Å². The van der Waals surface area contributed by atoms with Crippen molar-refractivity contribution in [2.45, 2.75) is 69.9 Å². The van der Waals surface area contributed by atoms with Crippen molar-refractivity contribution in [1.82, 2.24) is 19.8 Å². The van der Waals surface area contributed by atoms with Crippen molar-refractivity contribution in [3.63, 3.8) is 0 Å². The van der Waals surface area contributed by atoms with Crippen molar-refractivity contribution in [2.24, 2.45) is 5.92 Å². The summed E-state index contributed by atoms with van der Waals surface area (Å²) in [6.45, 7) is 12.5. The molecule has 2 N–H and O–H groups in total. The summed E-state index contributed by atoms with van der Waals surface area (Å²) >= 11 is 1.34. The van der Waals surface area contributed by atoms with Gasteiger partial charge < -0.3 is 15.5 Å². The molecule has 164 valence electrons. The Morgan fingerprint density at radius 3 is 2.47 bits per heavy atom. The van der Waals surface area contributed by atoms with E-state index in [0.717, 1.165) is 31.7 Å². The van der Waals surface area contributed by atoms with E-state index in [1.807, 2.05) is 24.0 Å². The highest BCUT2D eigenvalue weighted by Gasteiger charge is 2.26. The predicted octanol–water partition coefficient (Wildman–Crippen LogP) is 3.61. The third-order valence-electron chi connectivity index (χ3n) is 5.55. The molecule has 7 nitrogen and oxygen atoms in total. The summed E-state index contributed by atoms with van der Waals surface area (Å²) in [5, 5.41) is 8.55. The molecular formula is C22H33N5O2S. The number of thioether (sulfide) groups is 1. The molecule has 0 spiro atoms. The highest BCUT2D eigenvalue weighted by atomic mass is 32.2. The number of hydrogen-bond acceptors (Lipinski definition) is 6. The number of benzene rings is 1. The fourth-order valence-electron chi connectivity index (χ4n) is 3.38. The van der Waals surface area contributed by atoms with Crippen LogP contribution in [-0.4, -0.2) is 44.0 Å². The van der Waals surface area contributed by atoms with Crippen molar-refractivity contribution in [2.75, 3.05) is 18.9 Å². The lowest BCUT2D eigenvalue weighted by Crippen LogP contribution is -2.41. The van der Waals surface area contributed by atoms with E-state index in [1.165, 1.54) is 22.0 Å². The van der Waals surface area contributed by atoms with E-state index in [9.17, 15) is 4.79 Å². The zero-order valence-corrected chi connectivity index (χ0v) is 19.4. The Morgan fingerprint density at radius 2 is 1.87 bits per heavy atom. The number of carbonyl (C=O) groups is 1. The van der Waals surface area contributed by atoms with E-state index in [1.54, 1.807) is 0 Å². The van der Waals surface area contributed by atoms with Gasteiger partial charge in [-0.15, -0.1) is 10.2 Å². The van der Waals surface area contributed by atoms with E-state index in [-0.39, 0.29) is 23.2 Å². The number of ether oxygens (including phenoxy) is 1. The Balaban J connectivity index is 1.56. The number of likely N-dealkylation sites (tertiary alicyclic amines) is 1. The molecule has 1 fully saturated rings. The van der Waals surface area contributed by atoms with Crippen LogP contribution in [0.5, 0.6) is 5.75 Å². The van der Waals surface area contributed by atoms with Crippen LogP contribution < -0.4 is 10.6 Å². The van der Waals surface area contributed by atoms with Crippen LogP contribution >= 0.6 is 11.8 Å². The lowest BCUT2D eigenvalue weighted by atomic mass is 9.87. The molecule has 0 bridgehead atoms. The maximum absolute atomic E-state index is 12.7. The van der Waals surface area contributed by atoms with E-state index in [2.05, 4.69) is 50.0 Å². The Hall–Kier alpha value is -2.22. The second kappa shape index (κ2) is 9.29. The summed E-state index contributed by atoms with van der Waals surface area (Å²) in [5.41, 5.74) is 1.35. The van der Waals surface area contributed by atoms with Crippen molar-refractivity contribution >= 4 is 17.7 Å². The predicted molar refractivity (Wildman–Crippen MR) is 120 cm³/mol. The highest BCUT2D eigenvalue weighted by Crippen LogP contribution is 2.26. The van der Waals surface area contributed by atoms with Crippen LogP contribution in [0.3, 0.4) is 0 Å². The normalized spacial score (nSPS) is 16.5. The molecule has 1 aromatic heterocycles. The van der Waals surface area contributed by atoms with Crippen LogP contribution in [0.4, 0.5) is 0 Å². The van der Waals surface area contributed by atoms with Crippen LogP contribution in [0, 0.1) is 5.92 Å². The number of nitrogens with two attached hydrogens (primary N) is 1. The largest absolute Gasteiger partial charge is 0.486 e. The van der Waals surface area contributed by atoms with Gasteiger partial charge in [-0.2, -0.15) is 0 Å². The van der Waals surface area contributed by atoms with Gasteiger partial charge in [-0.3, -0.25) is 4.79 Å². The van der Waals surface area contributed by atoms with Crippen molar-refractivity contribution in [3.8, 4) is 5.75 Å². The lowest BCUT2D eigenvalue weighted by Gasteiger charge is -2.31. The minimum absolute atomic E-state index is 0.0999. The number of hydrogen-bond donors (Lipinski definition) is 1. The average Bonchev–Trinajstić information content (AvgIpc) is 3.05. The van der Waals surface area contributed by atoms with Crippen LogP contribution in [0.15, 0.2) is 29.4 Å². The summed E-state index contributed by atoms with van der Waals surface area (Å²) in [7, 11) is 0. The molecule has 0 radical (unpaired) electrons. The Kier molecular flexibility index (Phi) is 6.95. The van der Waals surface area contributed by atoms with E-state index in [0.29, 0.717) is 16.9 Å². The topological polar surface area (TPSA) is 86.3 Å². The van der Waals surface area contributed by atoms with Gasteiger partial charge in [-0.05, 0) is 48.8 Å². The zero-order valence-electron chi connectivity index (χ0n) is 18.6. The van der Waals surface area contributed by atoms with E-state index >= 15 is 0 Å².